The number of carbonyl (C=O) groups is 1. The summed E-state index contributed by atoms with van der Waals surface area (Å²) in [7, 11) is 0. The van der Waals surface area contributed by atoms with Gasteiger partial charge in [0, 0.05) is 59.8 Å². The minimum atomic E-state index is -0.843. The van der Waals surface area contributed by atoms with Crippen LogP contribution in [0.25, 0.3) is 0 Å². The van der Waals surface area contributed by atoms with Crippen molar-refractivity contribution in [1.29, 1.82) is 0 Å². The number of aromatic amines is 1. The van der Waals surface area contributed by atoms with Crippen LogP contribution in [-0.2, 0) is 11.3 Å². The van der Waals surface area contributed by atoms with E-state index in [-0.39, 0.29) is 23.9 Å². The zero-order valence-electron chi connectivity index (χ0n) is 22.4. The highest BCUT2D eigenvalue weighted by Gasteiger charge is 2.47. The Hall–Kier alpha value is -2.20. The summed E-state index contributed by atoms with van der Waals surface area (Å²) < 4.78 is 18.6. The highest BCUT2D eigenvalue weighted by Crippen LogP contribution is 2.51. The van der Waals surface area contributed by atoms with Gasteiger partial charge >= 0.3 is 0 Å². The number of aromatic nitrogens is 1. The fourth-order valence-corrected chi connectivity index (χ4v) is 6.70. The van der Waals surface area contributed by atoms with Crippen molar-refractivity contribution in [2.24, 2.45) is 5.92 Å². The first kappa shape index (κ1) is 27.4. The summed E-state index contributed by atoms with van der Waals surface area (Å²) in [6, 6.07) is 3.53. The van der Waals surface area contributed by atoms with Gasteiger partial charge in [-0.2, -0.15) is 0 Å². The van der Waals surface area contributed by atoms with Crippen LogP contribution in [0.15, 0.2) is 21.8 Å². The average Bonchev–Trinajstić information content (AvgIpc) is 3.54. The van der Waals surface area contributed by atoms with E-state index in [1.165, 1.54) is 11.8 Å². The van der Waals surface area contributed by atoms with Crippen LogP contribution in [0, 0.1) is 19.8 Å². The number of hydrogen-bond donors (Lipinski definition) is 2. The van der Waals surface area contributed by atoms with Crippen molar-refractivity contribution >= 4 is 29.3 Å². The predicted molar refractivity (Wildman–Crippen MR) is 149 cm³/mol. The fraction of sp³-hybridized carbons (Fsp3) is 0.571. The summed E-state index contributed by atoms with van der Waals surface area (Å²) in [4.78, 5) is 31.8. The maximum atomic E-state index is 13.2. The normalized spacial score (nSPS) is 23.7. The average molecular weight is 562 g/mol. The number of hydrogen-bond acceptors (Lipinski definition) is 7. The molecule has 0 radical (unpaired) electrons. The lowest BCUT2D eigenvalue weighted by Crippen LogP contribution is -2.49. The molecular formula is C28H36ClN3O5S. The summed E-state index contributed by atoms with van der Waals surface area (Å²) >= 11 is 8.09. The van der Waals surface area contributed by atoms with Crippen molar-refractivity contribution in [3.8, 4) is 11.5 Å². The van der Waals surface area contributed by atoms with E-state index in [0.717, 1.165) is 62.5 Å². The number of pyridine rings is 1. The molecule has 1 amide bonds. The van der Waals surface area contributed by atoms with Crippen LogP contribution >= 0.6 is 23.4 Å². The van der Waals surface area contributed by atoms with Crippen LogP contribution in [0.3, 0.4) is 0 Å². The second-order valence-corrected chi connectivity index (χ2v) is 11.9. The number of ether oxygens (including phenoxy) is 3. The molecule has 8 nitrogen and oxygen atoms in total. The van der Waals surface area contributed by atoms with Crippen LogP contribution in [0.5, 0.6) is 11.5 Å². The van der Waals surface area contributed by atoms with Gasteiger partial charge in [0.2, 0.25) is 0 Å². The number of benzene rings is 1. The summed E-state index contributed by atoms with van der Waals surface area (Å²) in [6.07, 6.45) is 6.46. The number of halogens is 1. The van der Waals surface area contributed by atoms with Gasteiger partial charge in [-0.15, -0.1) is 11.8 Å². The number of H-pyrrole nitrogens is 1. The lowest BCUT2D eigenvalue weighted by Gasteiger charge is -2.39. The largest absolute Gasteiger partial charge is 0.448 e. The van der Waals surface area contributed by atoms with Crippen LogP contribution in [0.2, 0.25) is 5.02 Å². The van der Waals surface area contributed by atoms with E-state index in [2.05, 4.69) is 15.2 Å². The number of thioether (sulfide) groups is 1. The lowest BCUT2D eigenvalue weighted by molar-refractivity contribution is -0.126. The second kappa shape index (κ2) is 11.1. The third-order valence-electron chi connectivity index (χ3n) is 7.98. The number of piperidine rings is 1. The molecule has 5 rings (SSSR count). The van der Waals surface area contributed by atoms with E-state index in [1.807, 2.05) is 33.1 Å². The Balaban J connectivity index is 1.27. The molecule has 0 unspecified atom stereocenters. The van der Waals surface area contributed by atoms with E-state index in [0.29, 0.717) is 39.3 Å². The van der Waals surface area contributed by atoms with Gasteiger partial charge in [0.05, 0.1) is 11.1 Å². The highest BCUT2D eigenvalue weighted by molar-refractivity contribution is 7.98. The van der Waals surface area contributed by atoms with Gasteiger partial charge in [0.15, 0.2) is 11.5 Å². The third kappa shape index (κ3) is 5.43. The third-order valence-corrected chi connectivity index (χ3v) is 9.07. The maximum absolute atomic E-state index is 13.2. The molecule has 0 saturated carbocycles. The van der Waals surface area contributed by atoms with Gasteiger partial charge in [-0.05, 0) is 71.0 Å². The second-order valence-electron chi connectivity index (χ2n) is 10.6. The topological polar surface area (TPSA) is 92.9 Å². The van der Waals surface area contributed by atoms with Gasteiger partial charge < -0.3 is 29.4 Å². The predicted octanol–water partition coefficient (Wildman–Crippen LogP) is 4.68. The van der Waals surface area contributed by atoms with Crippen LogP contribution in [0.1, 0.15) is 59.8 Å². The molecule has 2 saturated heterocycles. The molecule has 2 N–H and O–H groups in total. The molecule has 2 atom stereocenters. The lowest BCUT2D eigenvalue weighted by atomic mass is 9.89. The SMILES string of the molecule is CSc1cc(C)[nH]c(=O)c1CNC(=O)c1cc(Cl)c2c(c1C)O[C@](C)(C1CCN(C[C@H]3CCCO3)CC1)O2. The van der Waals surface area contributed by atoms with E-state index in [4.69, 9.17) is 25.8 Å². The summed E-state index contributed by atoms with van der Waals surface area (Å²) in [5, 5.41) is 3.23. The number of aryl methyl sites for hydroxylation is 1. The molecule has 1 aromatic carbocycles. The van der Waals surface area contributed by atoms with Crippen LogP contribution in [-0.4, -0.2) is 60.2 Å². The first-order valence-corrected chi connectivity index (χ1v) is 14.9. The molecule has 206 valence electrons. The van der Waals surface area contributed by atoms with Crippen molar-refractivity contribution in [2.75, 3.05) is 32.5 Å². The molecule has 2 aromatic rings. The van der Waals surface area contributed by atoms with Gasteiger partial charge in [0.25, 0.3) is 17.3 Å². The van der Waals surface area contributed by atoms with Crippen molar-refractivity contribution < 1.29 is 19.0 Å². The Kier molecular flexibility index (Phi) is 8.01. The quantitative estimate of drug-likeness (QED) is 0.474. The Morgan fingerprint density at radius 3 is 2.63 bits per heavy atom. The molecule has 0 bridgehead atoms. The molecule has 3 aliphatic rings. The number of carbonyl (C=O) groups excluding carboxylic acids is 1. The number of likely N-dealkylation sites (tertiary alicyclic amines) is 1. The molecule has 0 aliphatic carbocycles. The molecule has 2 fully saturated rings. The minimum absolute atomic E-state index is 0.109. The zero-order valence-corrected chi connectivity index (χ0v) is 24.0. The first-order valence-electron chi connectivity index (χ1n) is 13.3. The summed E-state index contributed by atoms with van der Waals surface area (Å²) in [5.41, 5.74) is 2.18. The van der Waals surface area contributed by atoms with Gasteiger partial charge in [-0.1, -0.05) is 11.6 Å². The molecular weight excluding hydrogens is 526 g/mol. The van der Waals surface area contributed by atoms with E-state index >= 15 is 0 Å². The van der Waals surface area contributed by atoms with E-state index in [9.17, 15) is 9.59 Å². The molecule has 38 heavy (non-hydrogen) atoms. The number of rotatable bonds is 7. The highest BCUT2D eigenvalue weighted by atomic mass is 35.5. The van der Waals surface area contributed by atoms with Crippen molar-refractivity contribution in [3.63, 3.8) is 0 Å². The van der Waals surface area contributed by atoms with Crippen molar-refractivity contribution in [3.05, 3.63) is 49.9 Å². The molecule has 4 heterocycles. The maximum Gasteiger partial charge on any atom is 0.254 e. The Morgan fingerprint density at radius 1 is 1.21 bits per heavy atom. The smallest absolute Gasteiger partial charge is 0.254 e. The van der Waals surface area contributed by atoms with Crippen molar-refractivity contribution in [2.45, 2.75) is 69.8 Å². The first-order chi connectivity index (χ1) is 18.2. The number of amides is 1. The summed E-state index contributed by atoms with van der Waals surface area (Å²) in [6.45, 7) is 9.57. The summed E-state index contributed by atoms with van der Waals surface area (Å²) in [5.74, 6) is 0.0413. The van der Waals surface area contributed by atoms with Gasteiger partial charge in [-0.3, -0.25) is 9.59 Å². The minimum Gasteiger partial charge on any atom is -0.448 e. The Labute approximate surface area is 232 Å². The van der Waals surface area contributed by atoms with E-state index in [1.54, 1.807) is 6.07 Å². The molecule has 10 heteroatoms. The molecule has 1 aromatic heterocycles. The Morgan fingerprint density at radius 2 is 1.95 bits per heavy atom. The number of nitrogens with one attached hydrogen (secondary N) is 2. The molecule has 0 spiro atoms. The van der Waals surface area contributed by atoms with Crippen LogP contribution < -0.4 is 20.3 Å². The number of fused-ring (bicyclic) bond motifs is 1. The monoisotopic (exact) mass is 561 g/mol. The standard InChI is InChI=1S/C28H36ClN3O5S/c1-16-12-23(38-4)21(27(34)31-16)14-30-26(33)20-13-22(29)25-24(17(20)2)36-28(3,37-25)18-7-9-32(10-8-18)15-19-6-5-11-35-19/h12-13,18-19H,5-11,14-15H2,1-4H3,(H,30,33)(H,31,34)/t19-,28+/m1/s1. The Bertz CT molecular complexity index is 1270. The van der Waals surface area contributed by atoms with Crippen molar-refractivity contribution in [1.82, 2.24) is 15.2 Å². The van der Waals surface area contributed by atoms with E-state index < -0.39 is 5.79 Å². The van der Waals surface area contributed by atoms with Crippen LogP contribution in [0.4, 0.5) is 0 Å². The molecule has 3 aliphatic heterocycles. The fourth-order valence-electron chi connectivity index (χ4n) is 5.76. The van der Waals surface area contributed by atoms with Gasteiger partial charge in [-0.25, -0.2) is 0 Å². The van der Waals surface area contributed by atoms with Gasteiger partial charge in [0.1, 0.15) is 0 Å². The zero-order chi connectivity index (χ0) is 27.0. The number of nitrogens with zero attached hydrogens (tertiary/aromatic N) is 1.